The molecular formula is C31H40F2N2O6. The Kier molecular flexibility index (Phi) is 9.37. The maximum atomic E-state index is 14.4. The van der Waals surface area contributed by atoms with Crippen molar-refractivity contribution in [1.82, 2.24) is 10.2 Å². The van der Waals surface area contributed by atoms with Gasteiger partial charge in [-0.05, 0) is 32.4 Å². The van der Waals surface area contributed by atoms with Crippen LogP contribution in [0.3, 0.4) is 0 Å². The number of nitrogens with zero attached hydrogens (tertiary/aromatic N) is 1. The van der Waals surface area contributed by atoms with Gasteiger partial charge in [0.25, 0.3) is 5.91 Å². The molecule has 1 aliphatic carbocycles. The van der Waals surface area contributed by atoms with Gasteiger partial charge in [0.1, 0.15) is 17.7 Å². The van der Waals surface area contributed by atoms with Gasteiger partial charge in [-0.15, -0.1) is 0 Å². The SMILES string of the molecule is Cc1cccc(CO[C@]2(C(=O)NCCN3CCOCC3)C[C@@H](OCc3ccc(F)cc3F)[C@@H]3OC(C)(C)O[C@@H]3C2)c1. The number of amides is 1. The molecule has 5 rings (SSSR count). The second-order valence-corrected chi connectivity index (χ2v) is 11.6. The van der Waals surface area contributed by atoms with Gasteiger partial charge in [-0.2, -0.15) is 0 Å². The summed E-state index contributed by atoms with van der Waals surface area (Å²) in [5.74, 6) is -2.48. The fraction of sp³-hybridized carbons (Fsp3) is 0.581. The number of ether oxygens (including phenoxy) is 5. The number of carbonyl (C=O) groups is 1. The largest absolute Gasteiger partial charge is 0.379 e. The van der Waals surface area contributed by atoms with Crippen LogP contribution in [0.1, 0.15) is 43.4 Å². The van der Waals surface area contributed by atoms with E-state index in [0.717, 1.165) is 30.3 Å². The molecule has 2 heterocycles. The summed E-state index contributed by atoms with van der Waals surface area (Å²) in [5.41, 5.74) is 0.983. The summed E-state index contributed by atoms with van der Waals surface area (Å²) >= 11 is 0. The highest BCUT2D eigenvalue weighted by Crippen LogP contribution is 2.44. The monoisotopic (exact) mass is 574 g/mol. The molecule has 0 bridgehead atoms. The highest BCUT2D eigenvalue weighted by atomic mass is 19.1. The molecule has 224 valence electrons. The van der Waals surface area contributed by atoms with Gasteiger partial charge >= 0.3 is 0 Å². The predicted octanol–water partition coefficient (Wildman–Crippen LogP) is 3.88. The molecule has 4 atom stereocenters. The van der Waals surface area contributed by atoms with E-state index in [1.807, 2.05) is 45.0 Å². The van der Waals surface area contributed by atoms with Crippen LogP contribution in [0.5, 0.6) is 0 Å². The molecule has 3 fully saturated rings. The first-order valence-corrected chi connectivity index (χ1v) is 14.3. The second-order valence-electron chi connectivity index (χ2n) is 11.6. The first-order valence-electron chi connectivity index (χ1n) is 14.3. The average molecular weight is 575 g/mol. The van der Waals surface area contributed by atoms with Gasteiger partial charge < -0.3 is 29.0 Å². The van der Waals surface area contributed by atoms with E-state index in [2.05, 4.69) is 10.2 Å². The van der Waals surface area contributed by atoms with Crippen molar-refractivity contribution >= 4 is 5.91 Å². The van der Waals surface area contributed by atoms with E-state index in [0.29, 0.717) is 26.3 Å². The highest BCUT2D eigenvalue weighted by molar-refractivity contribution is 5.85. The summed E-state index contributed by atoms with van der Waals surface area (Å²) in [7, 11) is 0. The number of fused-ring (bicyclic) bond motifs is 1. The number of carbonyl (C=O) groups excluding carboxylic acids is 1. The number of nitrogens with one attached hydrogen (secondary N) is 1. The smallest absolute Gasteiger partial charge is 0.252 e. The molecule has 0 unspecified atom stereocenters. The predicted molar refractivity (Wildman–Crippen MR) is 147 cm³/mol. The molecule has 0 spiro atoms. The Hall–Kier alpha value is -2.47. The molecule has 0 radical (unpaired) electrons. The van der Waals surface area contributed by atoms with Gasteiger partial charge in [-0.3, -0.25) is 9.69 Å². The van der Waals surface area contributed by atoms with E-state index in [4.69, 9.17) is 23.7 Å². The van der Waals surface area contributed by atoms with Crippen molar-refractivity contribution in [2.24, 2.45) is 0 Å². The molecule has 1 amide bonds. The van der Waals surface area contributed by atoms with Crippen LogP contribution >= 0.6 is 0 Å². The zero-order valence-electron chi connectivity index (χ0n) is 24.0. The Morgan fingerprint density at radius 3 is 2.63 bits per heavy atom. The summed E-state index contributed by atoms with van der Waals surface area (Å²) in [6, 6.07) is 11.3. The maximum Gasteiger partial charge on any atom is 0.252 e. The molecule has 10 heteroatoms. The number of morpholine rings is 1. The van der Waals surface area contributed by atoms with E-state index < -0.39 is 41.3 Å². The molecule has 1 N–H and O–H groups in total. The number of hydrogen-bond acceptors (Lipinski definition) is 7. The minimum absolute atomic E-state index is 0.115. The van der Waals surface area contributed by atoms with Crippen LogP contribution in [-0.2, 0) is 41.7 Å². The minimum Gasteiger partial charge on any atom is -0.379 e. The normalized spacial score (nSPS) is 27.9. The Balaban J connectivity index is 1.37. The highest BCUT2D eigenvalue weighted by Gasteiger charge is 2.58. The lowest BCUT2D eigenvalue weighted by molar-refractivity contribution is -0.183. The Labute approximate surface area is 240 Å². The van der Waals surface area contributed by atoms with Crippen molar-refractivity contribution in [2.75, 3.05) is 39.4 Å². The summed E-state index contributed by atoms with van der Waals surface area (Å²) in [4.78, 5) is 16.2. The quantitative estimate of drug-likeness (QED) is 0.462. The standard InChI is InChI=1S/C31H40F2N2O6/c1-21-5-4-6-22(15-21)19-39-31(29(36)34-9-10-35-11-13-37-14-12-35)17-26(28-27(18-31)40-30(2,3)41-28)38-20-23-7-8-24(32)16-25(23)33/h4-8,15-16,26-28H,9-14,17-20H2,1-3H3,(H,34,36)/t26-,27-,28+,31-/m1/s1. The first-order chi connectivity index (χ1) is 19.6. The third kappa shape index (κ3) is 7.49. The Bertz CT molecular complexity index is 1210. The zero-order valence-corrected chi connectivity index (χ0v) is 24.0. The van der Waals surface area contributed by atoms with Gasteiger partial charge in [0.05, 0.1) is 38.6 Å². The van der Waals surface area contributed by atoms with E-state index in [1.165, 1.54) is 12.1 Å². The number of benzene rings is 2. The second kappa shape index (κ2) is 12.8. The molecule has 2 aliphatic heterocycles. The maximum absolute atomic E-state index is 14.4. The summed E-state index contributed by atoms with van der Waals surface area (Å²) in [5, 5.41) is 3.10. The molecular weight excluding hydrogens is 534 g/mol. The summed E-state index contributed by atoms with van der Waals surface area (Å²) in [6.45, 7) is 9.92. The van der Waals surface area contributed by atoms with Crippen LogP contribution in [0.25, 0.3) is 0 Å². The third-order valence-corrected chi connectivity index (χ3v) is 7.95. The number of rotatable bonds is 10. The summed E-state index contributed by atoms with van der Waals surface area (Å²) < 4.78 is 58.5. The molecule has 0 aromatic heterocycles. The van der Waals surface area contributed by atoms with Crippen molar-refractivity contribution in [3.63, 3.8) is 0 Å². The fourth-order valence-corrected chi connectivity index (χ4v) is 5.88. The zero-order chi connectivity index (χ0) is 29.0. The lowest BCUT2D eigenvalue weighted by Gasteiger charge is -2.43. The molecule has 8 nitrogen and oxygen atoms in total. The fourth-order valence-electron chi connectivity index (χ4n) is 5.88. The molecule has 2 saturated heterocycles. The molecule has 3 aliphatic rings. The molecule has 2 aromatic carbocycles. The third-order valence-electron chi connectivity index (χ3n) is 7.95. The van der Waals surface area contributed by atoms with Gasteiger partial charge in [0.2, 0.25) is 0 Å². The van der Waals surface area contributed by atoms with E-state index in [9.17, 15) is 13.6 Å². The van der Waals surface area contributed by atoms with E-state index in [1.54, 1.807) is 0 Å². The molecule has 2 aromatic rings. The van der Waals surface area contributed by atoms with Crippen LogP contribution < -0.4 is 5.32 Å². The molecule has 1 saturated carbocycles. The number of hydrogen-bond donors (Lipinski definition) is 1. The van der Waals surface area contributed by atoms with Crippen molar-refractivity contribution in [2.45, 2.75) is 76.5 Å². The van der Waals surface area contributed by atoms with E-state index >= 15 is 0 Å². The number of halogens is 2. The van der Waals surface area contributed by atoms with Gasteiger partial charge in [0.15, 0.2) is 11.4 Å². The lowest BCUT2D eigenvalue weighted by Crippen LogP contribution is -2.60. The Morgan fingerprint density at radius 1 is 1.07 bits per heavy atom. The van der Waals surface area contributed by atoms with Crippen molar-refractivity contribution in [3.05, 3.63) is 70.8 Å². The van der Waals surface area contributed by atoms with Gasteiger partial charge in [-0.1, -0.05) is 35.9 Å². The lowest BCUT2D eigenvalue weighted by atomic mass is 9.78. The van der Waals surface area contributed by atoms with Crippen LogP contribution in [0.15, 0.2) is 42.5 Å². The van der Waals surface area contributed by atoms with Crippen molar-refractivity contribution < 1.29 is 37.3 Å². The van der Waals surface area contributed by atoms with Crippen LogP contribution in [0, 0.1) is 18.6 Å². The van der Waals surface area contributed by atoms with Gasteiger partial charge in [0, 0.05) is 50.7 Å². The van der Waals surface area contributed by atoms with Crippen molar-refractivity contribution in [1.29, 1.82) is 0 Å². The summed E-state index contributed by atoms with van der Waals surface area (Å²) in [6.07, 6.45) is -1.13. The van der Waals surface area contributed by atoms with Crippen LogP contribution in [0.4, 0.5) is 8.78 Å². The van der Waals surface area contributed by atoms with Crippen LogP contribution in [-0.4, -0.2) is 79.9 Å². The molecule has 41 heavy (non-hydrogen) atoms. The van der Waals surface area contributed by atoms with Gasteiger partial charge in [-0.25, -0.2) is 8.78 Å². The van der Waals surface area contributed by atoms with E-state index in [-0.39, 0.29) is 37.5 Å². The van der Waals surface area contributed by atoms with Crippen LogP contribution in [0.2, 0.25) is 0 Å². The Morgan fingerprint density at radius 2 is 1.88 bits per heavy atom. The topological polar surface area (TPSA) is 78.5 Å². The first kappa shape index (κ1) is 30.0. The van der Waals surface area contributed by atoms with Crippen molar-refractivity contribution in [3.8, 4) is 0 Å². The average Bonchev–Trinajstić information content (AvgIpc) is 3.25. The number of aryl methyl sites for hydroxylation is 1. The minimum atomic E-state index is -1.27.